The van der Waals surface area contributed by atoms with Crippen LogP contribution in [0, 0.1) is 11.6 Å². The molecule has 0 aliphatic carbocycles. The fraction of sp³-hybridized carbons (Fsp3) is 0.200. The van der Waals surface area contributed by atoms with Gasteiger partial charge in [0.25, 0.3) is 0 Å². The second kappa shape index (κ2) is 5.46. The van der Waals surface area contributed by atoms with Gasteiger partial charge in [0, 0.05) is 30.3 Å². The summed E-state index contributed by atoms with van der Waals surface area (Å²) in [6.45, 7) is 1.05. The average molecular weight is 277 g/mol. The second-order valence-electron chi connectivity index (χ2n) is 4.49. The maximum atomic E-state index is 13.5. The summed E-state index contributed by atoms with van der Waals surface area (Å²) >= 11 is 0. The molecule has 104 valence electrons. The van der Waals surface area contributed by atoms with Gasteiger partial charge in [-0.25, -0.2) is 8.78 Å². The zero-order chi connectivity index (χ0) is 13.9. The van der Waals surface area contributed by atoms with Crippen LogP contribution in [0.2, 0.25) is 0 Å². The predicted molar refractivity (Wildman–Crippen MR) is 69.5 cm³/mol. The number of nitrogens with one attached hydrogen (secondary N) is 1. The smallest absolute Gasteiger partial charge is 0.231 e. The number of fused-ring (bicyclic) bond motifs is 1. The molecule has 0 fully saturated rings. The fourth-order valence-electron chi connectivity index (χ4n) is 2.13. The second-order valence-corrected chi connectivity index (χ2v) is 4.49. The monoisotopic (exact) mass is 277 g/mol. The Kier molecular flexibility index (Phi) is 3.52. The summed E-state index contributed by atoms with van der Waals surface area (Å²) in [7, 11) is 0. The number of rotatable bonds is 4. The van der Waals surface area contributed by atoms with Gasteiger partial charge in [-0.3, -0.25) is 0 Å². The van der Waals surface area contributed by atoms with E-state index in [0.717, 1.165) is 23.1 Å². The Morgan fingerprint density at radius 2 is 1.85 bits per heavy atom. The van der Waals surface area contributed by atoms with Crippen molar-refractivity contribution in [2.75, 3.05) is 6.79 Å². The third-order valence-electron chi connectivity index (χ3n) is 3.12. The molecule has 3 rings (SSSR count). The lowest BCUT2D eigenvalue weighted by atomic mass is 10.1. The van der Waals surface area contributed by atoms with Crippen LogP contribution in [0.25, 0.3) is 0 Å². The van der Waals surface area contributed by atoms with E-state index in [2.05, 4.69) is 5.32 Å². The minimum Gasteiger partial charge on any atom is -0.454 e. The Bertz CT molecular complexity index is 631. The molecule has 0 saturated carbocycles. The lowest BCUT2D eigenvalue weighted by Crippen LogP contribution is -2.14. The van der Waals surface area contributed by atoms with Crippen LogP contribution in [-0.2, 0) is 13.1 Å². The number of hydrogen-bond donors (Lipinski definition) is 1. The molecule has 1 N–H and O–H groups in total. The Balaban J connectivity index is 1.64. The Labute approximate surface area is 115 Å². The van der Waals surface area contributed by atoms with Crippen molar-refractivity contribution in [3.05, 3.63) is 59.2 Å². The normalized spacial score (nSPS) is 12.7. The minimum atomic E-state index is -0.572. The Morgan fingerprint density at radius 3 is 2.70 bits per heavy atom. The van der Waals surface area contributed by atoms with Gasteiger partial charge in [0.15, 0.2) is 11.5 Å². The summed E-state index contributed by atoms with van der Waals surface area (Å²) in [5.74, 6) is 0.324. The largest absolute Gasteiger partial charge is 0.454 e. The van der Waals surface area contributed by atoms with Gasteiger partial charge in [-0.05, 0) is 12.1 Å². The van der Waals surface area contributed by atoms with Crippen molar-refractivity contribution in [3.8, 4) is 11.5 Å². The molecule has 0 aromatic heterocycles. The first-order valence-electron chi connectivity index (χ1n) is 6.26. The molecular formula is C15H13F2NO2. The molecule has 20 heavy (non-hydrogen) atoms. The molecular weight excluding hydrogens is 264 g/mol. The molecule has 1 aliphatic heterocycles. The maximum absolute atomic E-state index is 13.5. The van der Waals surface area contributed by atoms with Crippen molar-refractivity contribution in [1.82, 2.24) is 5.32 Å². The maximum Gasteiger partial charge on any atom is 0.231 e. The lowest BCUT2D eigenvalue weighted by Gasteiger charge is -2.08. The molecule has 0 spiro atoms. The van der Waals surface area contributed by atoms with Gasteiger partial charge in [0.05, 0.1) is 0 Å². The van der Waals surface area contributed by atoms with E-state index in [1.165, 1.54) is 12.1 Å². The molecule has 3 nitrogen and oxygen atoms in total. The highest BCUT2D eigenvalue weighted by Gasteiger charge is 2.16. The van der Waals surface area contributed by atoms with Crippen LogP contribution in [0.4, 0.5) is 8.78 Å². The average Bonchev–Trinajstić information content (AvgIpc) is 2.90. The highest BCUT2D eigenvalue weighted by atomic mass is 19.1. The molecule has 0 saturated heterocycles. The molecule has 5 heteroatoms. The molecule has 1 aliphatic rings. The van der Waals surface area contributed by atoms with Gasteiger partial charge < -0.3 is 14.8 Å². The van der Waals surface area contributed by atoms with Gasteiger partial charge in [-0.2, -0.15) is 0 Å². The summed E-state index contributed by atoms with van der Waals surface area (Å²) in [5, 5.41) is 3.11. The summed E-state index contributed by atoms with van der Waals surface area (Å²) in [6, 6.07) is 9.20. The van der Waals surface area contributed by atoms with Crippen molar-refractivity contribution in [2.24, 2.45) is 0 Å². The number of ether oxygens (including phenoxy) is 2. The number of halogens is 2. The van der Waals surface area contributed by atoms with Crippen molar-refractivity contribution in [2.45, 2.75) is 13.1 Å². The van der Waals surface area contributed by atoms with Gasteiger partial charge in [-0.15, -0.1) is 0 Å². The number of benzene rings is 2. The zero-order valence-corrected chi connectivity index (χ0v) is 10.7. The van der Waals surface area contributed by atoms with E-state index >= 15 is 0 Å². The first kappa shape index (κ1) is 12.9. The first-order chi connectivity index (χ1) is 9.74. The van der Waals surface area contributed by atoms with E-state index in [4.69, 9.17) is 9.47 Å². The SMILES string of the molecule is Fc1ccc(CNCc2cccc3c2OCO3)c(F)c1. The Hall–Kier alpha value is -2.14. The van der Waals surface area contributed by atoms with Crippen LogP contribution in [0.5, 0.6) is 11.5 Å². The standard InChI is InChI=1S/C15H13F2NO2/c16-12-5-4-10(13(17)6-12)7-18-8-11-2-1-3-14-15(11)20-9-19-14/h1-6,18H,7-9H2. The zero-order valence-electron chi connectivity index (χ0n) is 10.7. The van der Waals surface area contributed by atoms with Crippen LogP contribution in [0.15, 0.2) is 36.4 Å². The fourth-order valence-corrected chi connectivity index (χ4v) is 2.13. The summed E-state index contributed by atoms with van der Waals surface area (Å²) < 4.78 is 36.9. The van der Waals surface area contributed by atoms with Crippen molar-refractivity contribution in [3.63, 3.8) is 0 Å². The quantitative estimate of drug-likeness (QED) is 0.932. The van der Waals surface area contributed by atoms with Crippen LogP contribution in [0.1, 0.15) is 11.1 Å². The van der Waals surface area contributed by atoms with Crippen LogP contribution in [-0.4, -0.2) is 6.79 Å². The van der Waals surface area contributed by atoms with E-state index in [-0.39, 0.29) is 6.79 Å². The topological polar surface area (TPSA) is 30.5 Å². The summed E-state index contributed by atoms with van der Waals surface area (Å²) in [4.78, 5) is 0. The van der Waals surface area contributed by atoms with Crippen LogP contribution >= 0.6 is 0 Å². The summed E-state index contributed by atoms with van der Waals surface area (Å²) in [5.41, 5.74) is 1.37. The predicted octanol–water partition coefficient (Wildman–Crippen LogP) is 2.98. The number of hydrogen-bond acceptors (Lipinski definition) is 3. The molecule has 0 unspecified atom stereocenters. The van der Waals surface area contributed by atoms with Crippen LogP contribution < -0.4 is 14.8 Å². The van der Waals surface area contributed by atoms with E-state index in [1.54, 1.807) is 0 Å². The van der Waals surface area contributed by atoms with E-state index < -0.39 is 11.6 Å². The van der Waals surface area contributed by atoms with Gasteiger partial charge >= 0.3 is 0 Å². The molecule has 0 radical (unpaired) electrons. The highest BCUT2D eigenvalue weighted by Crippen LogP contribution is 2.35. The molecule has 2 aromatic carbocycles. The van der Waals surface area contributed by atoms with Crippen LogP contribution in [0.3, 0.4) is 0 Å². The Morgan fingerprint density at radius 1 is 1.00 bits per heavy atom. The van der Waals surface area contributed by atoms with Crippen molar-refractivity contribution < 1.29 is 18.3 Å². The lowest BCUT2D eigenvalue weighted by molar-refractivity contribution is 0.173. The van der Waals surface area contributed by atoms with Crippen molar-refractivity contribution in [1.29, 1.82) is 0 Å². The van der Waals surface area contributed by atoms with E-state index in [1.807, 2.05) is 18.2 Å². The third-order valence-corrected chi connectivity index (χ3v) is 3.12. The number of para-hydroxylation sites is 1. The van der Waals surface area contributed by atoms with E-state index in [0.29, 0.717) is 18.7 Å². The van der Waals surface area contributed by atoms with E-state index in [9.17, 15) is 8.78 Å². The molecule has 2 aromatic rings. The molecule has 0 atom stereocenters. The van der Waals surface area contributed by atoms with Gasteiger partial charge in [0.2, 0.25) is 6.79 Å². The molecule has 0 amide bonds. The first-order valence-corrected chi connectivity index (χ1v) is 6.26. The molecule has 1 heterocycles. The van der Waals surface area contributed by atoms with Gasteiger partial charge in [0.1, 0.15) is 11.6 Å². The third kappa shape index (κ3) is 2.58. The van der Waals surface area contributed by atoms with Gasteiger partial charge in [-0.1, -0.05) is 18.2 Å². The van der Waals surface area contributed by atoms with Crippen molar-refractivity contribution >= 4 is 0 Å². The molecule has 0 bridgehead atoms. The highest BCUT2D eigenvalue weighted by molar-refractivity contribution is 5.48. The minimum absolute atomic E-state index is 0.221. The summed E-state index contributed by atoms with van der Waals surface area (Å²) in [6.07, 6.45) is 0.